The highest BCUT2D eigenvalue weighted by molar-refractivity contribution is 5.96. The average molecular weight is 571 g/mol. The smallest absolute Gasteiger partial charge is 0.343 e. The van der Waals surface area contributed by atoms with Crippen LogP contribution in [-0.4, -0.2) is 22.6 Å². The van der Waals surface area contributed by atoms with Crippen molar-refractivity contribution in [1.29, 1.82) is 0 Å². The number of hydrogen-bond donors (Lipinski definition) is 1. The Kier molecular flexibility index (Phi) is 8.84. The minimum Gasteiger partial charge on any atom is -0.462 e. The molecule has 0 fully saturated rings. The maximum absolute atomic E-state index is 13.0. The van der Waals surface area contributed by atoms with Gasteiger partial charge in [-0.05, 0) is 72.0 Å². The molecule has 0 spiro atoms. The number of esters is 1. The van der Waals surface area contributed by atoms with Crippen LogP contribution in [-0.2, 0) is 6.42 Å². The fourth-order valence-electron chi connectivity index (χ4n) is 4.78. The Labute approximate surface area is 252 Å². The SMILES string of the molecule is CCC(C)(O)Oc1ccc(Cc2ccc(OC(=O)c3ccc(C(C)=O)cc3)c(-c3ccccc3)c2)cc1-c1ccccc1. The first-order valence-electron chi connectivity index (χ1n) is 14.3. The number of benzene rings is 5. The number of rotatable bonds is 10. The van der Waals surface area contributed by atoms with Crippen LogP contribution in [0.3, 0.4) is 0 Å². The van der Waals surface area contributed by atoms with Crippen molar-refractivity contribution in [3.05, 3.63) is 144 Å². The first-order chi connectivity index (χ1) is 20.7. The highest BCUT2D eigenvalue weighted by Crippen LogP contribution is 2.36. The van der Waals surface area contributed by atoms with Gasteiger partial charge in [0.05, 0.1) is 5.56 Å². The van der Waals surface area contributed by atoms with Crippen molar-refractivity contribution in [1.82, 2.24) is 0 Å². The highest BCUT2D eigenvalue weighted by atomic mass is 16.6. The summed E-state index contributed by atoms with van der Waals surface area (Å²) in [6, 6.07) is 38.1. The summed E-state index contributed by atoms with van der Waals surface area (Å²) < 4.78 is 11.9. The van der Waals surface area contributed by atoms with Gasteiger partial charge in [0.2, 0.25) is 5.79 Å². The van der Waals surface area contributed by atoms with Gasteiger partial charge in [-0.25, -0.2) is 4.79 Å². The van der Waals surface area contributed by atoms with Crippen LogP contribution in [0.1, 0.15) is 59.0 Å². The molecule has 5 rings (SSSR count). The molecule has 0 amide bonds. The summed E-state index contributed by atoms with van der Waals surface area (Å²) in [5, 5.41) is 10.6. The number of aliphatic hydroxyl groups is 1. The van der Waals surface area contributed by atoms with Crippen LogP contribution in [0.25, 0.3) is 22.3 Å². The molecule has 0 aliphatic rings. The normalized spacial score (nSPS) is 12.3. The number of carbonyl (C=O) groups is 2. The Morgan fingerprint density at radius 1 is 0.674 bits per heavy atom. The highest BCUT2D eigenvalue weighted by Gasteiger charge is 2.22. The lowest BCUT2D eigenvalue weighted by Crippen LogP contribution is -2.30. The molecular weight excluding hydrogens is 536 g/mol. The molecule has 0 saturated carbocycles. The molecule has 5 heteroatoms. The van der Waals surface area contributed by atoms with Crippen LogP contribution in [0.4, 0.5) is 0 Å². The standard InChI is InChI=1S/C38H34O5/c1-4-38(3,41)43-36-22-16-28(25-34(36)31-13-9-6-10-14-31)23-27-15-21-35(33(24-27)30-11-7-5-8-12-30)42-37(40)32-19-17-29(18-20-32)26(2)39/h5-22,24-25,41H,4,23H2,1-3H3. The Balaban J connectivity index is 1.47. The number of ketones is 1. The zero-order valence-corrected chi connectivity index (χ0v) is 24.5. The largest absolute Gasteiger partial charge is 0.462 e. The Morgan fingerprint density at radius 3 is 1.67 bits per heavy atom. The fraction of sp³-hybridized carbons (Fsp3) is 0.158. The van der Waals surface area contributed by atoms with E-state index in [0.717, 1.165) is 33.4 Å². The maximum Gasteiger partial charge on any atom is 0.343 e. The molecule has 0 heterocycles. The van der Waals surface area contributed by atoms with Gasteiger partial charge >= 0.3 is 5.97 Å². The summed E-state index contributed by atoms with van der Waals surface area (Å²) >= 11 is 0. The van der Waals surface area contributed by atoms with Crippen molar-refractivity contribution >= 4 is 11.8 Å². The van der Waals surface area contributed by atoms with Gasteiger partial charge in [0.15, 0.2) is 5.78 Å². The molecule has 0 aromatic heterocycles. The first-order valence-corrected chi connectivity index (χ1v) is 14.3. The van der Waals surface area contributed by atoms with Crippen LogP contribution >= 0.6 is 0 Å². The van der Waals surface area contributed by atoms with E-state index >= 15 is 0 Å². The van der Waals surface area contributed by atoms with E-state index in [1.807, 2.05) is 97.9 Å². The van der Waals surface area contributed by atoms with Crippen LogP contribution in [0, 0.1) is 0 Å². The lowest BCUT2D eigenvalue weighted by atomic mass is 9.95. The molecule has 1 N–H and O–H groups in total. The van der Waals surface area contributed by atoms with Gasteiger partial charge in [0.25, 0.3) is 0 Å². The van der Waals surface area contributed by atoms with Crippen molar-refractivity contribution in [3.63, 3.8) is 0 Å². The van der Waals surface area contributed by atoms with E-state index in [9.17, 15) is 14.7 Å². The van der Waals surface area contributed by atoms with Crippen LogP contribution in [0.2, 0.25) is 0 Å². The first kappa shape index (κ1) is 29.5. The monoisotopic (exact) mass is 570 g/mol. The fourth-order valence-corrected chi connectivity index (χ4v) is 4.78. The Bertz CT molecular complexity index is 1720. The van der Waals surface area contributed by atoms with Gasteiger partial charge in [-0.2, -0.15) is 0 Å². The van der Waals surface area contributed by atoms with E-state index in [1.165, 1.54) is 6.92 Å². The number of Topliss-reactive ketones (excluding diaryl/α,β-unsaturated/α-hetero) is 1. The third-order valence-electron chi connectivity index (χ3n) is 7.38. The second-order valence-electron chi connectivity index (χ2n) is 10.7. The van der Waals surface area contributed by atoms with Crippen molar-refractivity contribution in [2.24, 2.45) is 0 Å². The predicted octanol–water partition coefficient (Wildman–Crippen LogP) is 8.53. The molecule has 0 saturated heterocycles. The molecule has 1 unspecified atom stereocenters. The molecule has 0 aliphatic carbocycles. The third kappa shape index (κ3) is 7.26. The van der Waals surface area contributed by atoms with Crippen molar-refractivity contribution in [2.45, 2.75) is 39.4 Å². The van der Waals surface area contributed by atoms with E-state index in [-0.39, 0.29) is 5.78 Å². The quantitative estimate of drug-likeness (QED) is 0.0788. The number of carbonyl (C=O) groups excluding carboxylic acids is 2. The van der Waals surface area contributed by atoms with E-state index in [4.69, 9.17) is 9.47 Å². The van der Waals surface area contributed by atoms with E-state index in [1.54, 1.807) is 31.2 Å². The molecular formula is C38H34O5. The van der Waals surface area contributed by atoms with E-state index in [0.29, 0.717) is 35.5 Å². The molecule has 0 bridgehead atoms. The van der Waals surface area contributed by atoms with Crippen molar-refractivity contribution < 1.29 is 24.2 Å². The maximum atomic E-state index is 13.0. The second kappa shape index (κ2) is 12.9. The average Bonchev–Trinajstić information content (AvgIpc) is 3.03. The van der Waals surface area contributed by atoms with Crippen LogP contribution < -0.4 is 9.47 Å². The summed E-state index contributed by atoms with van der Waals surface area (Å²) in [5.74, 6) is -0.770. The van der Waals surface area contributed by atoms with Gasteiger partial charge < -0.3 is 14.6 Å². The summed E-state index contributed by atoms with van der Waals surface area (Å²) in [6.45, 7) is 5.03. The minimum absolute atomic E-state index is 0.0623. The predicted molar refractivity (Wildman–Crippen MR) is 170 cm³/mol. The lowest BCUT2D eigenvalue weighted by molar-refractivity contribution is -0.122. The van der Waals surface area contributed by atoms with Crippen molar-refractivity contribution in [3.8, 4) is 33.8 Å². The van der Waals surface area contributed by atoms with Crippen LogP contribution in [0.5, 0.6) is 11.5 Å². The van der Waals surface area contributed by atoms with Crippen molar-refractivity contribution in [2.75, 3.05) is 0 Å². The van der Waals surface area contributed by atoms with Gasteiger partial charge in [0.1, 0.15) is 11.5 Å². The lowest BCUT2D eigenvalue weighted by Gasteiger charge is -2.25. The molecule has 216 valence electrons. The van der Waals surface area contributed by atoms with Gasteiger partial charge in [0, 0.05) is 30.0 Å². The molecule has 5 nitrogen and oxygen atoms in total. The van der Waals surface area contributed by atoms with Gasteiger partial charge in [-0.1, -0.05) is 91.9 Å². The Morgan fingerprint density at radius 2 is 1.16 bits per heavy atom. The molecule has 43 heavy (non-hydrogen) atoms. The minimum atomic E-state index is -1.28. The molecule has 0 radical (unpaired) electrons. The summed E-state index contributed by atoms with van der Waals surface area (Å²) in [5.41, 5.74) is 6.63. The van der Waals surface area contributed by atoms with E-state index in [2.05, 4.69) is 6.07 Å². The molecule has 5 aromatic carbocycles. The molecule has 1 atom stereocenters. The summed E-state index contributed by atoms with van der Waals surface area (Å²) in [7, 11) is 0. The summed E-state index contributed by atoms with van der Waals surface area (Å²) in [4.78, 5) is 24.7. The van der Waals surface area contributed by atoms with Gasteiger partial charge in [-0.3, -0.25) is 4.79 Å². The topological polar surface area (TPSA) is 72.8 Å². The number of hydrogen-bond acceptors (Lipinski definition) is 5. The van der Waals surface area contributed by atoms with Gasteiger partial charge in [-0.15, -0.1) is 0 Å². The van der Waals surface area contributed by atoms with Crippen LogP contribution in [0.15, 0.2) is 121 Å². The summed E-state index contributed by atoms with van der Waals surface area (Å²) in [6.07, 6.45) is 1.08. The number of ether oxygens (including phenoxy) is 2. The zero-order valence-electron chi connectivity index (χ0n) is 24.5. The Hall–Kier alpha value is -5.00. The zero-order chi connectivity index (χ0) is 30.4. The molecule has 5 aromatic rings. The van der Waals surface area contributed by atoms with E-state index < -0.39 is 11.8 Å². The second-order valence-corrected chi connectivity index (χ2v) is 10.7. The molecule has 0 aliphatic heterocycles. The third-order valence-corrected chi connectivity index (χ3v) is 7.38.